The standard InChI is InChI=1S/C57H113NO10/c1-3-5-7-9-11-13-15-17-19-21-23-24-25-27-28-30-32-34-36-38-40-42-44-49(60)52(62)48(47-67-57-55(65)54(64)53(63)51(46-59)68-57)58-56(66)50(61)45-43-41-39-37-35-33-31-29-26-22-20-18-16-14-12-10-8-6-4-2/h48-55,57,59-65H,3-47H2,1-2H3,(H,58,66). The molecule has 0 bridgehead atoms. The van der Waals surface area contributed by atoms with Crippen molar-refractivity contribution in [3.63, 3.8) is 0 Å². The molecule has 0 aliphatic carbocycles. The number of hydrogen-bond acceptors (Lipinski definition) is 10. The zero-order chi connectivity index (χ0) is 49.7. The molecule has 11 heteroatoms. The number of ether oxygens (including phenoxy) is 2. The van der Waals surface area contributed by atoms with Crippen molar-refractivity contribution in [2.24, 2.45) is 0 Å². The van der Waals surface area contributed by atoms with Crippen LogP contribution in [-0.2, 0) is 14.3 Å². The summed E-state index contributed by atoms with van der Waals surface area (Å²) < 4.78 is 11.2. The van der Waals surface area contributed by atoms with E-state index in [4.69, 9.17) is 9.47 Å². The topological polar surface area (TPSA) is 189 Å². The van der Waals surface area contributed by atoms with E-state index in [1.807, 2.05) is 0 Å². The highest BCUT2D eigenvalue weighted by Crippen LogP contribution is 2.24. The first-order valence-corrected chi connectivity index (χ1v) is 29.4. The lowest BCUT2D eigenvalue weighted by atomic mass is 9.98. The van der Waals surface area contributed by atoms with Crippen molar-refractivity contribution in [3.05, 3.63) is 0 Å². The third-order valence-electron chi connectivity index (χ3n) is 14.7. The molecule has 68 heavy (non-hydrogen) atoms. The Morgan fingerprint density at radius 1 is 0.456 bits per heavy atom. The maximum absolute atomic E-state index is 13.2. The predicted octanol–water partition coefficient (Wildman–Crippen LogP) is 12.2. The number of aliphatic hydroxyl groups excluding tert-OH is 7. The van der Waals surface area contributed by atoms with Gasteiger partial charge in [0.2, 0.25) is 5.91 Å². The van der Waals surface area contributed by atoms with E-state index in [1.165, 1.54) is 212 Å². The average molecular weight is 973 g/mol. The number of carbonyl (C=O) groups is 1. The van der Waals surface area contributed by atoms with E-state index in [0.717, 1.165) is 38.5 Å². The van der Waals surface area contributed by atoms with Crippen molar-refractivity contribution in [1.29, 1.82) is 0 Å². The molecule has 0 radical (unpaired) electrons. The Bertz CT molecular complexity index is 1070. The Balaban J connectivity index is 2.30. The quantitative estimate of drug-likeness (QED) is 0.0272. The SMILES string of the molecule is CCCCCCCCCCCCCCCCCCCCCCCCC(O)C(O)C(COC1OC(CO)C(O)C(O)C1O)NC(=O)C(O)CCCCCCCCCCCCCCCCCCCCC. The fraction of sp³-hybridized carbons (Fsp3) is 0.982. The van der Waals surface area contributed by atoms with Gasteiger partial charge in [0, 0.05) is 0 Å². The monoisotopic (exact) mass is 972 g/mol. The van der Waals surface area contributed by atoms with Crippen LogP contribution < -0.4 is 5.32 Å². The van der Waals surface area contributed by atoms with Gasteiger partial charge in [-0.1, -0.05) is 277 Å². The first kappa shape index (κ1) is 65.1. The van der Waals surface area contributed by atoms with Gasteiger partial charge in [-0.05, 0) is 12.8 Å². The molecule has 9 atom stereocenters. The second-order valence-corrected chi connectivity index (χ2v) is 21.1. The Hall–Kier alpha value is -0.890. The summed E-state index contributed by atoms with van der Waals surface area (Å²) in [5, 5.41) is 76.2. The predicted molar refractivity (Wildman–Crippen MR) is 280 cm³/mol. The highest BCUT2D eigenvalue weighted by Gasteiger charge is 2.44. The molecule has 1 fully saturated rings. The lowest BCUT2D eigenvalue weighted by Crippen LogP contribution is -2.60. The minimum atomic E-state index is -1.66. The molecule has 1 amide bonds. The lowest BCUT2D eigenvalue weighted by Gasteiger charge is -2.40. The number of carbonyl (C=O) groups excluding carboxylic acids is 1. The zero-order valence-electron chi connectivity index (χ0n) is 44.4. The summed E-state index contributed by atoms with van der Waals surface area (Å²) in [6, 6.07) is -1.16. The second-order valence-electron chi connectivity index (χ2n) is 21.1. The molecule has 1 aliphatic rings. The molecule has 1 saturated heterocycles. The summed E-state index contributed by atoms with van der Waals surface area (Å²) in [7, 11) is 0. The molecule has 11 nitrogen and oxygen atoms in total. The van der Waals surface area contributed by atoms with Crippen LogP contribution in [0.3, 0.4) is 0 Å². The van der Waals surface area contributed by atoms with Crippen LogP contribution in [0.25, 0.3) is 0 Å². The minimum Gasteiger partial charge on any atom is -0.394 e. The molecule has 9 unspecified atom stereocenters. The van der Waals surface area contributed by atoms with Crippen LogP contribution in [0.5, 0.6) is 0 Å². The van der Waals surface area contributed by atoms with Crippen molar-refractivity contribution in [1.82, 2.24) is 5.32 Å². The minimum absolute atomic E-state index is 0.267. The largest absolute Gasteiger partial charge is 0.394 e. The van der Waals surface area contributed by atoms with Crippen LogP contribution in [0.1, 0.15) is 290 Å². The molecule has 1 aliphatic heterocycles. The Labute approximate surface area is 418 Å². The molecular weight excluding hydrogens is 859 g/mol. The second kappa shape index (κ2) is 47.1. The maximum Gasteiger partial charge on any atom is 0.249 e. The van der Waals surface area contributed by atoms with Gasteiger partial charge in [0.1, 0.15) is 36.6 Å². The van der Waals surface area contributed by atoms with Crippen molar-refractivity contribution in [2.75, 3.05) is 13.2 Å². The fourth-order valence-electron chi connectivity index (χ4n) is 9.86. The van der Waals surface area contributed by atoms with Crippen molar-refractivity contribution < 1.29 is 50.0 Å². The van der Waals surface area contributed by atoms with Crippen LogP contribution >= 0.6 is 0 Å². The van der Waals surface area contributed by atoms with Crippen LogP contribution in [-0.4, -0.2) is 110 Å². The van der Waals surface area contributed by atoms with Gasteiger partial charge in [-0.3, -0.25) is 4.79 Å². The molecule has 8 N–H and O–H groups in total. The number of hydrogen-bond donors (Lipinski definition) is 8. The summed E-state index contributed by atoms with van der Waals surface area (Å²) in [5.41, 5.74) is 0. The van der Waals surface area contributed by atoms with Gasteiger partial charge in [0.15, 0.2) is 6.29 Å². The van der Waals surface area contributed by atoms with E-state index in [0.29, 0.717) is 19.3 Å². The van der Waals surface area contributed by atoms with Gasteiger partial charge in [0.05, 0.1) is 25.4 Å². The summed E-state index contributed by atoms with van der Waals surface area (Å²) in [5.74, 6) is -0.689. The van der Waals surface area contributed by atoms with E-state index in [2.05, 4.69) is 19.2 Å². The van der Waals surface area contributed by atoms with Crippen LogP contribution in [0.15, 0.2) is 0 Å². The van der Waals surface area contributed by atoms with Gasteiger partial charge in [-0.2, -0.15) is 0 Å². The first-order chi connectivity index (χ1) is 33.2. The van der Waals surface area contributed by atoms with Crippen molar-refractivity contribution in [2.45, 2.75) is 345 Å². The number of unbranched alkanes of at least 4 members (excludes halogenated alkanes) is 39. The third-order valence-corrected chi connectivity index (χ3v) is 14.7. The summed E-state index contributed by atoms with van der Waals surface area (Å²) >= 11 is 0. The molecule has 0 aromatic heterocycles. The highest BCUT2D eigenvalue weighted by molar-refractivity contribution is 5.80. The van der Waals surface area contributed by atoms with Gasteiger partial charge >= 0.3 is 0 Å². The molecule has 0 aromatic rings. The fourth-order valence-corrected chi connectivity index (χ4v) is 9.86. The number of nitrogens with one attached hydrogen (secondary N) is 1. The lowest BCUT2D eigenvalue weighted by molar-refractivity contribution is -0.303. The molecule has 1 rings (SSSR count). The van der Waals surface area contributed by atoms with E-state index >= 15 is 0 Å². The van der Waals surface area contributed by atoms with Crippen molar-refractivity contribution in [3.8, 4) is 0 Å². The number of aliphatic hydroxyl groups is 7. The van der Waals surface area contributed by atoms with Gasteiger partial charge < -0.3 is 50.5 Å². The van der Waals surface area contributed by atoms with E-state index in [1.54, 1.807) is 0 Å². The number of rotatable bonds is 51. The molecule has 0 spiro atoms. The number of amides is 1. The third kappa shape index (κ3) is 35.3. The zero-order valence-corrected chi connectivity index (χ0v) is 44.4. The average Bonchev–Trinajstić information content (AvgIpc) is 3.34. The van der Waals surface area contributed by atoms with Gasteiger partial charge in [0.25, 0.3) is 0 Å². The van der Waals surface area contributed by atoms with E-state index in [-0.39, 0.29) is 6.42 Å². The van der Waals surface area contributed by atoms with Crippen LogP contribution in [0.2, 0.25) is 0 Å². The maximum atomic E-state index is 13.2. The van der Waals surface area contributed by atoms with Crippen LogP contribution in [0, 0.1) is 0 Å². The highest BCUT2D eigenvalue weighted by atomic mass is 16.7. The summed E-state index contributed by atoms with van der Waals surface area (Å²) in [4.78, 5) is 13.2. The Morgan fingerprint density at radius 3 is 1.09 bits per heavy atom. The van der Waals surface area contributed by atoms with Crippen molar-refractivity contribution >= 4 is 5.91 Å². The molecular formula is C57H113NO10. The normalized spacial score (nSPS) is 20.4. The Morgan fingerprint density at radius 2 is 0.765 bits per heavy atom. The van der Waals surface area contributed by atoms with Gasteiger partial charge in [-0.15, -0.1) is 0 Å². The van der Waals surface area contributed by atoms with Crippen LogP contribution in [0.4, 0.5) is 0 Å². The molecule has 1 heterocycles. The molecule has 406 valence electrons. The first-order valence-electron chi connectivity index (χ1n) is 29.4. The summed E-state index contributed by atoms with van der Waals surface area (Å²) in [6.07, 6.45) is 41.5. The molecule has 0 aromatic carbocycles. The van der Waals surface area contributed by atoms with Gasteiger partial charge in [-0.25, -0.2) is 0 Å². The molecule has 0 saturated carbocycles. The Kier molecular flexibility index (Phi) is 45.1. The summed E-state index contributed by atoms with van der Waals surface area (Å²) in [6.45, 7) is 3.50. The van der Waals surface area contributed by atoms with E-state index < -0.39 is 74.2 Å². The van der Waals surface area contributed by atoms with E-state index in [9.17, 15) is 40.5 Å². The smallest absolute Gasteiger partial charge is 0.249 e.